The molecule has 0 saturated heterocycles. The Hall–Kier alpha value is -0.283. The molecule has 0 aromatic heterocycles. The van der Waals surface area contributed by atoms with Crippen molar-refractivity contribution in [1.82, 2.24) is 0 Å². The van der Waals surface area contributed by atoms with E-state index in [1.165, 1.54) is 12.8 Å². The molecule has 54 valence electrons. The monoisotopic (exact) mass is 141 g/mol. The third kappa shape index (κ3) is 12.8. The van der Waals surface area contributed by atoms with Crippen molar-refractivity contribution in [3.8, 4) is 24.2 Å². The molecule has 0 bridgehead atoms. The van der Waals surface area contributed by atoms with Crippen LogP contribution in [0.5, 0.6) is 0 Å². The first-order valence-corrected chi connectivity index (χ1v) is 3.81. The van der Waals surface area contributed by atoms with Crippen molar-refractivity contribution >= 4 is 0 Å². The molecule has 0 atom stereocenters. The van der Waals surface area contributed by atoms with Gasteiger partial charge in [0.05, 0.1) is 0 Å². The maximum Gasteiger partial charge on any atom is 1.00 e. The second-order valence-corrected chi connectivity index (χ2v) is 2.16. The van der Waals surface area contributed by atoms with Gasteiger partial charge >= 0.3 is 18.9 Å². The summed E-state index contributed by atoms with van der Waals surface area (Å²) in [6.07, 6.45) is 10.2. The normalized spacial score (nSPS) is 6.91. The zero-order chi connectivity index (χ0) is 7.66. The number of hydrogen-bond donors (Lipinski definition) is 0. The minimum atomic E-state index is 0. The van der Waals surface area contributed by atoms with Gasteiger partial charge in [0.1, 0.15) is 0 Å². The molecule has 0 aliphatic rings. The fourth-order valence-electron chi connectivity index (χ4n) is 0.577. The molecule has 0 spiro atoms. The third-order valence-corrected chi connectivity index (χ3v) is 1.17. The molecule has 0 aliphatic carbocycles. The molecule has 0 N–H and O–H groups in total. The van der Waals surface area contributed by atoms with E-state index >= 15 is 0 Å². The van der Waals surface area contributed by atoms with Crippen LogP contribution in [-0.4, -0.2) is 0 Å². The molecular weight excluding hydrogens is 127 g/mol. The summed E-state index contributed by atoms with van der Waals surface area (Å²) < 4.78 is 0. The van der Waals surface area contributed by atoms with Crippen LogP contribution in [0.2, 0.25) is 0 Å². The number of terminal acetylenes is 1. The van der Waals surface area contributed by atoms with Gasteiger partial charge in [-0.2, -0.15) is 0 Å². The first-order valence-electron chi connectivity index (χ1n) is 3.81. The molecule has 0 rings (SSSR count). The van der Waals surface area contributed by atoms with Gasteiger partial charge in [0, 0.05) is 19.3 Å². The van der Waals surface area contributed by atoms with E-state index in [2.05, 4.69) is 24.7 Å². The summed E-state index contributed by atoms with van der Waals surface area (Å²) >= 11 is 0. The van der Waals surface area contributed by atoms with E-state index in [1.807, 2.05) is 0 Å². The molecular formula is C10H14Li+. The SMILES string of the molecule is C#CCCC#CCCCC.[Li+]. The Kier molecular flexibility index (Phi) is 15.0. The average Bonchev–Trinajstić information content (AvgIpc) is 1.97. The van der Waals surface area contributed by atoms with Gasteiger partial charge in [0.25, 0.3) is 0 Å². The van der Waals surface area contributed by atoms with Gasteiger partial charge in [-0.25, -0.2) is 0 Å². The minimum Gasteiger partial charge on any atom is -0.120 e. The molecule has 0 nitrogen and oxygen atoms in total. The molecule has 11 heavy (non-hydrogen) atoms. The summed E-state index contributed by atoms with van der Waals surface area (Å²) in [5.41, 5.74) is 0. The van der Waals surface area contributed by atoms with E-state index in [-0.39, 0.29) is 18.9 Å². The Bertz CT molecular complexity index is 154. The van der Waals surface area contributed by atoms with E-state index < -0.39 is 0 Å². The molecule has 0 saturated carbocycles. The second-order valence-electron chi connectivity index (χ2n) is 2.16. The number of unbranched alkanes of at least 4 members (excludes halogenated alkanes) is 3. The standard InChI is InChI=1S/C10H14.Li/c1-3-5-7-9-10-8-6-4-2;/h1H,4-8H2,2H3;/q;+1. The Balaban J connectivity index is 0. The van der Waals surface area contributed by atoms with Gasteiger partial charge in [-0.05, 0) is 6.42 Å². The molecule has 0 amide bonds. The average molecular weight is 141 g/mol. The summed E-state index contributed by atoms with van der Waals surface area (Å²) in [4.78, 5) is 0. The Morgan fingerprint density at radius 1 is 1.09 bits per heavy atom. The molecule has 0 aromatic rings. The van der Waals surface area contributed by atoms with Crippen LogP contribution in [0.3, 0.4) is 0 Å². The fourth-order valence-corrected chi connectivity index (χ4v) is 0.577. The van der Waals surface area contributed by atoms with Crippen LogP contribution in [0.15, 0.2) is 0 Å². The number of hydrogen-bond acceptors (Lipinski definition) is 0. The smallest absolute Gasteiger partial charge is 0.120 e. The maximum atomic E-state index is 5.05. The molecule has 0 radical (unpaired) electrons. The van der Waals surface area contributed by atoms with E-state index in [9.17, 15) is 0 Å². The van der Waals surface area contributed by atoms with Gasteiger partial charge in [-0.1, -0.05) is 13.3 Å². The Labute approximate surface area is 82.3 Å². The molecule has 0 unspecified atom stereocenters. The van der Waals surface area contributed by atoms with Crippen molar-refractivity contribution in [3.05, 3.63) is 0 Å². The van der Waals surface area contributed by atoms with Crippen molar-refractivity contribution in [3.63, 3.8) is 0 Å². The van der Waals surface area contributed by atoms with Crippen LogP contribution in [0.4, 0.5) is 0 Å². The Morgan fingerprint density at radius 3 is 2.27 bits per heavy atom. The number of rotatable bonds is 3. The Morgan fingerprint density at radius 2 is 1.73 bits per heavy atom. The van der Waals surface area contributed by atoms with E-state index in [4.69, 9.17) is 6.42 Å². The van der Waals surface area contributed by atoms with Gasteiger partial charge in [0.2, 0.25) is 0 Å². The van der Waals surface area contributed by atoms with Crippen LogP contribution < -0.4 is 18.9 Å². The van der Waals surface area contributed by atoms with Crippen molar-refractivity contribution in [2.24, 2.45) is 0 Å². The van der Waals surface area contributed by atoms with Crippen LogP contribution in [-0.2, 0) is 0 Å². The van der Waals surface area contributed by atoms with Gasteiger partial charge < -0.3 is 0 Å². The van der Waals surface area contributed by atoms with Crippen LogP contribution in [0.25, 0.3) is 0 Å². The summed E-state index contributed by atoms with van der Waals surface area (Å²) in [6, 6.07) is 0. The summed E-state index contributed by atoms with van der Waals surface area (Å²) in [7, 11) is 0. The summed E-state index contributed by atoms with van der Waals surface area (Å²) in [5, 5.41) is 0. The van der Waals surface area contributed by atoms with E-state index in [1.54, 1.807) is 0 Å². The maximum absolute atomic E-state index is 5.05. The predicted octanol–water partition coefficient (Wildman–Crippen LogP) is -0.403. The minimum absolute atomic E-state index is 0. The first kappa shape index (κ1) is 13.3. The van der Waals surface area contributed by atoms with E-state index in [0.29, 0.717) is 0 Å². The third-order valence-electron chi connectivity index (χ3n) is 1.17. The largest absolute Gasteiger partial charge is 1.00 e. The zero-order valence-electron chi connectivity index (χ0n) is 7.61. The quantitative estimate of drug-likeness (QED) is 0.285. The van der Waals surface area contributed by atoms with Crippen molar-refractivity contribution < 1.29 is 18.9 Å². The molecule has 0 heterocycles. The second kappa shape index (κ2) is 12.4. The van der Waals surface area contributed by atoms with Crippen LogP contribution in [0.1, 0.15) is 39.0 Å². The van der Waals surface area contributed by atoms with Gasteiger partial charge in [-0.15, -0.1) is 24.2 Å². The van der Waals surface area contributed by atoms with Gasteiger partial charge in [-0.3, -0.25) is 0 Å². The summed E-state index contributed by atoms with van der Waals surface area (Å²) in [6.45, 7) is 2.17. The fraction of sp³-hybridized carbons (Fsp3) is 0.600. The van der Waals surface area contributed by atoms with Crippen LogP contribution >= 0.6 is 0 Å². The summed E-state index contributed by atoms with van der Waals surface area (Å²) in [5.74, 6) is 8.66. The van der Waals surface area contributed by atoms with E-state index in [0.717, 1.165) is 19.3 Å². The van der Waals surface area contributed by atoms with Crippen molar-refractivity contribution in [2.45, 2.75) is 39.0 Å². The van der Waals surface area contributed by atoms with Crippen LogP contribution in [0, 0.1) is 24.2 Å². The first-order chi connectivity index (χ1) is 4.91. The topological polar surface area (TPSA) is 0 Å². The molecule has 0 aliphatic heterocycles. The predicted molar refractivity (Wildman–Crippen MR) is 45.4 cm³/mol. The molecule has 0 aromatic carbocycles. The van der Waals surface area contributed by atoms with Crippen molar-refractivity contribution in [2.75, 3.05) is 0 Å². The molecule has 0 fully saturated rings. The van der Waals surface area contributed by atoms with Gasteiger partial charge in [0.15, 0.2) is 0 Å². The zero-order valence-corrected chi connectivity index (χ0v) is 7.61. The van der Waals surface area contributed by atoms with Crippen molar-refractivity contribution in [1.29, 1.82) is 0 Å². The molecule has 1 heteroatoms.